The van der Waals surface area contributed by atoms with E-state index in [0.29, 0.717) is 30.7 Å². The van der Waals surface area contributed by atoms with Crippen LogP contribution in [-0.2, 0) is 17.8 Å². The van der Waals surface area contributed by atoms with E-state index in [0.717, 1.165) is 24.0 Å². The minimum Gasteiger partial charge on any atom is -0.489 e. The first-order chi connectivity index (χ1) is 15.2. The Labute approximate surface area is 186 Å². The second-order valence-electron chi connectivity index (χ2n) is 10.1. The fourth-order valence-electron chi connectivity index (χ4n) is 6.91. The van der Waals surface area contributed by atoms with Gasteiger partial charge in [0.05, 0.1) is 6.10 Å². The lowest BCUT2D eigenvalue weighted by molar-refractivity contribution is -0.0661. The molecule has 0 saturated heterocycles. The molecule has 1 N–H and O–H groups in total. The minimum absolute atomic E-state index is 0.228. The topological polar surface area (TPSA) is 38.7 Å². The number of aliphatic hydroxyl groups excluding tert-OH is 1. The molecule has 2 saturated carbocycles. The van der Waals surface area contributed by atoms with E-state index in [1.807, 2.05) is 6.07 Å². The molecule has 2 aromatic rings. The van der Waals surface area contributed by atoms with Crippen LogP contribution in [-0.4, -0.2) is 24.4 Å². The molecule has 166 valence electrons. The lowest BCUT2D eigenvalue weighted by Gasteiger charge is -2.50. The van der Waals surface area contributed by atoms with E-state index in [4.69, 9.17) is 14.6 Å². The summed E-state index contributed by atoms with van der Waals surface area (Å²) in [6.45, 7) is 4.04. The van der Waals surface area contributed by atoms with Gasteiger partial charge in [-0.1, -0.05) is 43.3 Å². The van der Waals surface area contributed by atoms with Gasteiger partial charge in [-0.2, -0.15) is 0 Å². The Morgan fingerprint density at radius 1 is 1.03 bits per heavy atom. The number of hydrogen-bond acceptors (Lipinski definition) is 3. The molecule has 0 aromatic heterocycles. The van der Waals surface area contributed by atoms with Gasteiger partial charge < -0.3 is 14.6 Å². The molecule has 5 rings (SSSR count). The summed E-state index contributed by atoms with van der Waals surface area (Å²) in [7, 11) is 0. The summed E-state index contributed by atoms with van der Waals surface area (Å²) in [5.41, 5.74) is 4.61. The highest BCUT2D eigenvalue weighted by atomic mass is 16.5. The molecule has 3 heteroatoms. The molecule has 0 bridgehead atoms. The maximum absolute atomic E-state index is 9.11. The van der Waals surface area contributed by atoms with Crippen LogP contribution < -0.4 is 4.74 Å². The zero-order valence-corrected chi connectivity index (χ0v) is 18.8. The second kappa shape index (κ2) is 8.96. The molecule has 2 fully saturated rings. The van der Waals surface area contributed by atoms with Gasteiger partial charge in [0.15, 0.2) is 0 Å². The van der Waals surface area contributed by atoms with Gasteiger partial charge in [0, 0.05) is 13.2 Å². The predicted octanol–water partition coefficient (Wildman–Crippen LogP) is 5.89. The molecule has 5 atom stereocenters. The van der Waals surface area contributed by atoms with E-state index < -0.39 is 0 Å². The van der Waals surface area contributed by atoms with Crippen molar-refractivity contribution in [2.75, 3.05) is 13.2 Å². The number of fused-ring (bicyclic) bond motifs is 5. The van der Waals surface area contributed by atoms with Gasteiger partial charge in [0.1, 0.15) is 12.4 Å². The standard InChI is InChI=1S/C28H36O3/c1-28-15-14-24-23-11-9-22(31-19-20-6-3-2-4-7-20)18-21(23)8-10-25(24)26(28)12-13-27(28)30-17-5-16-29/h2-4,6-7,9,11,18,24-27,29H,5,8,10,12-17,19H2,1H3/t24-,25-,26+,27?,28+/m1/s1. The molecule has 2 aromatic carbocycles. The third-order valence-electron chi connectivity index (χ3n) is 8.48. The molecule has 0 amide bonds. The Hall–Kier alpha value is -1.84. The van der Waals surface area contributed by atoms with E-state index in [1.165, 1.54) is 49.7 Å². The highest BCUT2D eigenvalue weighted by molar-refractivity contribution is 5.41. The molecule has 0 spiro atoms. The summed E-state index contributed by atoms with van der Waals surface area (Å²) in [6.07, 6.45) is 8.61. The van der Waals surface area contributed by atoms with Crippen LogP contribution in [0.15, 0.2) is 48.5 Å². The first kappa shape index (κ1) is 21.0. The van der Waals surface area contributed by atoms with E-state index in [2.05, 4.69) is 49.4 Å². The predicted molar refractivity (Wildman–Crippen MR) is 123 cm³/mol. The van der Waals surface area contributed by atoms with E-state index >= 15 is 0 Å². The Morgan fingerprint density at radius 3 is 2.74 bits per heavy atom. The van der Waals surface area contributed by atoms with Crippen LogP contribution in [0, 0.1) is 17.3 Å². The molecule has 0 aliphatic heterocycles. The van der Waals surface area contributed by atoms with Crippen LogP contribution in [0.3, 0.4) is 0 Å². The van der Waals surface area contributed by atoms with Crippen LogP contribution in [0.25, 0.3) is 0 Å². The van der Waals surface area contributed by atoms with Crippen LogP contribution in [0.5, 0.6) is 5.75 Å². The van der Waals surface area contributed by atoms with Crippen LogP contribution >= 0.6 is 0 Å². The monoisotopic (exact) mass is 420 g/mol. The van der Waals surface area contributed by atoms with Gasteiger partial charge in [-0.15, -0.1) is 0 Å². The number of ether oxygens (including phenoxy) is 2. The third-order valence-corrected chi connectivity index (χ3v) is 8.48. The van der Waals surface area contributed by atoms with Crippen LogP contribution in [0.4, 0.5) is 0 Å². The summed E-state index contributed by atoms with van der Waals surface area (Å²) in [5, 5.41) is 9.11. The number of benzene rings is 2. The van der Waals surface area contributed by atoms with Gasteiger partial charge in [-0.05, 0) is 96.9 Å². The van der Waals surface area contributed by atoms with Gasteiger partial charge in [-0.3, -0.25) is 0 Å². The van der Waals surface area contributed by atoms with Crippen molar-refractivity contribution >= 4 is 0 Å². The molecule has 3 aliphatic carbocycles. The Morgan fingerprint density at radius 2 is 1.90 bits per heavy atom. The Bertz CT molecular complexity index is 879. The van der Waals surface area contributed by atoms with Crippen molar-refractivity contribution in [2.24, 2.45) is 17.3 Å². The molecule has 31 heavy (non-hydrogen) atoms. The molecular weight excluding hydrogens is 384 g/mol. The van der Waals surface area contributed by atoms with E-state index in [9.17, 15) is 0 Å². The Balaban J connectivity index is 1.28. The van der Waals surface area contributed by atoms with Crippen molar-refractivity contribution in [3.8, 4) is 5.75 Å². The zero-order valence-electron chi connectivity index (χ0n) is 18.8. The van der Waals surface area contributed by atoms with Crippen LogP contribution in [0.2, 0.25) is 0 Å². The average Bonchev–Trinajstić information content (AvgIpc) is 3.14. The van der Waals surface area contributed by atoms with Crippen LogP contribution in [0.1, 0.15) is 68.1 Å². The summed E-state index contributed by atoms with van der Waals surface area (Å²) in [6, 6.07) is 17.3. The molecular formula is C28H36O3. The lowest BCUT2D eigenvalue weighted by Crippen LogP contribution is -2.44. The van der Waals surface area contributed by atoms with Crippen molar-refractivity contribution < 1.29 is 14.6 Å². The van der Waals surface area contributed by atoms with Crippen molar-refractivity contribution in [3.63, 3.8) is 0 Å². The van der Waals surface area contributed by atoms with Crippen molar-refractivity contribution in [1.82, 2.24) is 0 Å². The van der Waals surface area contributed by atoms with Gasteiger partial charge in [-0.25, -0.2) is 0 Å². The highest BCUT2D eigenvalue weighted by Gasteiger charge is 2.55. The smallest absolute Gasteiger partial charge is 0.120 e. The lowest BCUT2D eigenvalue weighted by atomic mass is 9.55. The maximum atomic E-state index is 9.11. The number of hydrogen-bond donors (Lipinski definition) is 1. The van der Waals surface area contributed by atoms with Gasteiger partial charge in [0.2, 0.25) is 0 Å². The maximum Gasteiger partial charge on any atom is 0.120 e. The van der Waals surface area contributed by atoms with E-state index in [-0.39, 0.29) is 6.61 Å². The van der Waals surface area contributed by atoms with Crippen molar-refractivity contribution in [2.45, 2.75) is 70.5 Å². The van der Waals surface area contributed by atoms with Crippen molar-refractivity contribution in [1.29, 1.82) is 0 Å². The molecule has 3 nitrogen and oxygen atoms in total. The largest absolute Gasteiger partial charge is 0.489 e. The number of aliphatic hydroxyl groups is 1. The van der Waals surface area contributed by atoms with Gasteiger partial charge in [0.25, 0.3) is 0 Å². The second-order valence-corrected chi connectivity index (χ2v) is 10.1. The molecule has 0 heterocycles. The quantitative estimate of drug-likeness (QED) is 0.568. The Kier molecular flexibility index (Phi) is 6.08. The summed E-state index contributed by atoms with van der Waals surface area (Å²) in [5.74, 6) is 3.25. The molecule has 3 aliphatic rings. The minimum atomic E-state index is 0.228. The van der Waals surface area contributed by atoms with E-state index in [1.54, 1.807) is 5.56 Å². The number of rotatable bonds is 7. The SMILES string of the molecule is C[C@]12CC[C@@H]3c4ccc(OCc5ccccc5)cc4CC[C@H]3[C@@H]1CCC2OCCCO. The zero-order chi connectivity index (χ0) is 21.3. The molecule has 0 radical (unpaired) electrons. The first-order valence-corrected chi connectivity index (χ1v) is 12.2. The van der Waals surface area contributed by atoms with Crippen molar-refractivity contribution in [3.05, 3.63) is 65.2 Å². The average molecular weight is 421 g/mol. The summed E-state index contributed by atoms with van der Waals surface area (Å²) < 4.78 is 12.4. The third kappa shape index (κ3) is 4.03. The summed E-state index contributed by atoms with van der Waals surface area (Å²) in [4.78, 5) is 0. The normalized spacial score (nSPS) is 31.5. The number of aryl methyl sites for hydroxylation is 1. The highest BCUT2D eigenvalue weighted by Crippen LogP contribution is 2.61. The fraction of sp³-hybridized carbons (Fsp3) is 0.571. The fourth-order valence-corrected chi connectivity index (χ4v) is 6.91. The van der Waals surface area contributed by atoms with Gasteiger partial charge >= 0.3 is 0 Å². The summed E-state index contributed by atoms with van der Waals surface area (Å²) >= 11 is 0. The molecule has 1 unspecified atom stereocenters. The first-order valence-electron chi connectivity index (χ1n) is 12.2.